The van der Waals surface area contributed by atoms with Crippen molar-refractivity contribution < 1.29 is 5.21 Å². The summed E-state index contributed by atoms with van der Waals surface area (Å²) in [5.41, 5.74) is 0. The minimum absolute atomic E-state index is 0.0666. The molecule has 0 radical (unpaired) electrons. The number of halogens is 2. The predicted octanol–water partition coefficient (Wildman–Crippen LogP) is 2.78. The van der Waals surface area contributed by atoms with Crippen molar-refractivity contribution in [3.8, 4) is 0 Å². The average Bonchev–Trinajstić information content (AvgIpc) is 2.34. The van der Waals surface area contributed by atoms with Gasteiger partial charge in [0.05, 0.1) is 9.90 Å². The summed E-state index contributed by atoms with van der Waals surface area (Å²) in [5, 5.41) is 13.4. The van der Waals surface area contributed by atoms with Crippen LogP contribution in [0.5, 0.6) is 0 Å². The van der Waals surface area contributed by atoms with Gasteiger partial charge < -0.3 is 5.21 Å². The number of rotatable bonds is 1. The van der Waals surface area contributed by atoms with Gasteiger partial charge in [0.2, 0.25) is 0 Å². The Labute approximate surface area is 71.7 Å². The number of oxime groups is 1. The SMILES string of the molecule is ON=C(Cl)c1cc(Cl)cs1. The largest absolute Gasteiger partial charge is 0.410 e. The van der Waals surface area contributed by atoms with Gasteiger partial charge in [-0.1, -0.05) is 28.4 Å². The maximum absolute atomic E-state index is 8.22. The molecule has 0 aromatic carbocycles. The lowest BCUT2D eigenvalue weighted by Gasteiger charge is -1.84. The van der Waals surface area contributed by atoms with E-state index in [4.69, 9.17) is 28.4 Å². The number of nitrogens with zero attached hydrogens (tertiary/aromatic N) is 1. The first kappa shape index (κ1) is 7.85. The third-order valence-electron chi connectivity index (χ3n) is 0.859. The topological polar surface area (TPSA) is 32.6 Å². The van der Waals surface area contributed by atoms with E-state index in [1.54, 1.807) is 11.4 Å². The van der Waals surface area contributed by atoms with Crippen LogP contribution in [0, 0.1) is 0 Å². The molecule has 1 rings (SSSR count). The van der Waals surface area contributed by atoms with Crippen LogP contribution in [-0.2, 0) is 0 Å². The fourth-order valence-electron chi connectivity index (χ4n) is 0.471. The van der Waals surface area contributed by atoms with Crippen molar-refractivity contribution in [3.05, 3.63) is 21.3 Å². The van der Waals surface area contributed by atoms with Crippen molar-refractivity contribution in [2.24, 2.45) is 5.16 Å². The molecule has 0 aliphatic heterocycles. The van der Waals surface area contributed by atoms with E-state index < -0.39 is 0 Å². The number of thiophene rings is 1. The van der Waals surface area contributed by atoms with Crippen LogP contribution in [0.2, 0.25) is 5.02 Å². The zero-order valence-corrected chi connectivity index (χ0v) is 7.04. The molecular formula is C5H3Cl2NOS. The van der Waals surface area contributed by atoms with Gasteiger partial charge in [-0.25, -0.2) is 0 Å². The Morgan fingerprint density at radius 2 is 2.40 bits per heavy atom. The van der Waals surface area contributed by atoms with E-state index in [1.807, 2.05) is 0 Å². The Hall–Kier alpha value is -0.250. The molecule has 5 heteroatoms. The highest BCUT2D eigenvalue weighted by Crippen LogP contribution is 2.20. The summed E-state index contributed by atoms with van der Waals surface area (Å²) in [6.45, 7) is 0. The highest BCUT2D eigenvalue weighted by atomic mass is 35.5. The van der Waals surface area contributed by atoms with Crippen molar-refractivity contribution in [1.82, 2.24) is 0 Å². The summed E-state index contributed by atoms with van der Waals surface area (Å²) in [4.78, 5) is 0.661. The highest BCUT2D eigenvalue weighted by Gasteiger charge is 2.02. The molecule has 0 aliphatic rings. The monoisotopic (exact) mass is 195 g/mol. The van der Waals surface area contributed by atoms with Crippen LogP contribution in [0.4, 0.5) is 0 Å². The molecule has 0 fully saturated rings. The summed E-state index contributed by atoms with van der Waals surface area (Å²) in [6, 6.07) is 1.63. The third-order valence-corrected chi connectivity index (χ3v) is 2.53. The summed E-state index contributed by atoms with van der Waals surface area (Å²) in [7, 11) is 0. The first-order valence-corrected chi connectivity index (χ1v) is 3.99. The van der Waals surface area contributed by atoms with Gasteiger partial charge in [-0.2, -0.15) is 0 Å². The van der Waals surface area contributed by atoms with Gasteiger partial charge in [0.15, 0.2) is 5.17 Å². The molecule has 0 aliphatic carbocycles. The second kappa shape index (κ2) is 3.23. The van der Waals surface area contributed by atoms with Crippen LogP contribution in [0.25, 0.3) is 0 Å². The minimum Gasteiger partial charge on any atom is -0.410 e. The molecule has 0 amide bonds. The van der Waals surface area contributed by atoms with Crippen LogP contribution in [0.3, 0.4) is 0 Å². The fourth-order valence-corrected chi connectivity index (χ4v) is 1.61. The number of hydrogen-bond donors (Lipinski definition) is 1. The molecule has 54 valence electrons. The zero-order chi connectivity index (χ0) is 7.56. The molecule has 0 unspecified atom stereocenters. The van der Waals surface area contributed by atoms with Gasteiger partial charge in [0, 0.05) is 5.38 Å². The summed E-state index contributed by atoms with van der Waals surface area (Å²) in [5.74, 6) is 0. The first-order chi connectivity index (χ1) is 4.74. The van der Waals surface area contributed by atoms with Gasteiger partial charge in [-0.15, -0.1) is 11.3 Å². The van der Waals surface area contributed by atoms with E-state index in [1.165, 1.54) is 11.3 Å². The Morgan fingerprint density at radius 3 is 2.80 bits per heavy atom. The Morgan fingerprint density at radius 1 is 1.70 bits per heavy atom. The quantitative estimate of drug-likeness (QED) is 0.418. The molecule has 0 saturated heterocycles. The molecule has 1 heterocycles. The Balaban J connectivity index is 2.95. The molecule has 1 N–H and O–H groups in total. The van der Waals surface area contributed by atoms with E-state index in [0.29, 0.717) is 9.90 Å². The Bertz CT molecular complexity index is 258. The lowest BCUT2D eigenvalue weighted by atomic mass is 10.5. The molecule has 0 bridgehead atoms. The van der Waals surface area contributed by atoms with E-state index in [0.717, 1.165) is 0 Å². The predicted molar refractivity (Wildman–Crippen MR) is 43.5 cm³/mol. The van der Waals surface area contributed by atoms with Crippen molar-refractivity contribution in [3.63, 3.8) is 0 Å². The lowest BCUT2D eigenvalue weighted by Crippen LogP contribution is -1.83. The van der Waals surface area contributed by atoms with E-state index in [2.05, 4.69) is 5.16 Å². The smallest absolute Gasteiger partial charge is 0.185 e. The molecule has 0 spiro atoms. The number of hydrogen-bond acceptors (Lipinski definition) is 3. The highest BCUT2D eigenvalue weighted by molar-refractivity contribution is 7.14. The van der Waals surface area contributed by atoms with Crippen LogP contribution < -0.4 is 0 Å². The van der Waals surface area contributed by atoms with Crippen molar-refractivity contribution >= 4 is 39.7 Å². The van der Waals surface area contributed by atoms with Gasteiger partial charge in [0.1, 0.15) is 0 Å². The maximum atomic E-state index is 8.22. The summed E-state index contributed by atoms with van der Waals surface area (Å²) in [6.07, 6.45) is 0. The van der Waals surface area contributed by atoms with Crippen molar-refractivity contribution in [2.75, 3.05) is 0 Å². The Kier molecular flexibility index (Phi) is 2.54. The first-order valence-electron chi connectivity index (χ1n) is 2.36. The fraction of sp³-hybridized carbons (Fsp3) is 0. The standard InChI is InChI=1S/C5H3Cl2NOS/c6-3-1-4(10-2-3)5(7)8-9/h1-2,9H. The van der Waals surface area contributed by atoms with Gasteiger partial charge >= 0.3 is 0 Å². The van der Waals surface area contributed by atoms with Crippen molar-refractivity contribution in [1.29, 1.82) is 0 Å². The van der Waals surface area contributed by atoms with Crippen molar-refractivity contribution in [2.45, 2.75) is 0 Å². The van der Waals surface area contributed by atoms with Gasteiger partial charge in [0.25, 0.3) is 0 Å². The molecule has 1 aromatic heterocycles. The van der Waals surface area contributed by atoms with Crippen LogP contribution in [0.15, 0.2) is 16.6 Å². The second-order valence-electron chi connectivity index (χ2n) is 1.52. The second-order valence-corrected chi connectivity index (χ2v) is 3.23. The van der Waals surface area contributed by atoms with Crippen LogP contribution in [-0.4, -0.2) is 10.4 Å². The zero-order valence-electron chi connectivity index (χ0n) is 4.71. The minimum atomic E-state index is 0.0666. The lowest BCUT2D eigenvalue weighted by molar-refractivity contribution is 0.321. The normalized spacial score (nSPS) is 12.0. The molecule has 1 aromatic rings. The van der Waals surface area contributed by atoms with E-state index >= 15 is 0 Å². The summed E-state index contributed by atoms with van der Waals surface area (Å²) < 4.78 is 0. The van der Waals surface area contributed by atoms with Gasteiger partial charge in [-0.3, -0.25) is 0 Å². The third kappa shape index (κ3) is 1.62. The molecule has 0 atom stereocenters. The van der Waals surface area contributed by atoms with Crippen LogP contribution >= 0.6 is 34.5 Å². The average molecular weight is 196 g/mol. The van der Waals surface area contributed by atoms with Gasteiger partial charge in [-0.05, 0) is 6.07 Å². The van der Waals surface area contributed by atoms with Crippen LogP contribution in [0.1, 0.15) is 4.88 Å². The molecule has 10 heavy (non-hydrogen) atoms. The summed E-state index contributed by atoms with van der Waals surface area (Å²) >= 11 is 12.4. The van der Waals surface area contributed by atoms with E-state index in [9.17, 15) is 0 Å². The maximum Gasteiger partial charge on any atom is 0.185 e. The molecular weight excluding hydrogens is 193 g/mol. The van der Waals surface area contributed by atoms with E-state index in [-0.39, 0.29) is 5.17 Å². The molecule has 2 nitrogen and oxygen atoms in total. The molecule has 0 saturated carbocycles.